The average Bonchev–Trinajstić information content (AvgIpc) is 3.78. The molecular formula is C35H33N5O. The monoisotopic (exact) mass is 539 g/mol. The Balaban J connectivity index is 1.11. The molecule has 3 aromatic carbocycles. The zero-order valence-corrected chi connectivity index (χ0v) is 23.4. The van der Waals surface area contributed by atoms with Gasteiger partial charge in [0.2, 0.25) is 5.91 Å². The van der Waals surface area contributed by atoms with Crippen molar-refractivity contribution in [2.75, 3.05) is 6.54 Å². The number of aromatic nitrogens is 4. The van der Waals surface area contributed by atoms with E-state index in [2.05, 4.69) is 94.2 Å². The summed E-state index contributed by atoms with van der Waals surface area (Å²) in [7, 11) is 0. The fraction of sp³-hybridized carbons (Fsp3) is 0.229. The summed E-state index contributed by atoms with van der Waals surface area (Å²) in [6.07, 6.45) is 7.93. The van der Waals surface area contributed by atoms with Crippen molar-refractivity contribution in [3.05, 3.63) is 108 Å². The lowest BCUT2D eigenvalue weighted by Gasteiger charge is -2.24. The molecule has 0 spiro atoms. The van der Waals surface area contributed by atoms with Crippen LogP contribution in [-0.4, -0.2) is 37.3 Å². The SMILES string of the molecule is CC(C)CC(=O)N1CCC[C@H]1c1ncc(-c2ccc(-c3ccc(C#Cc4ccc(-c5cnc[nH]5)cc4)cc3)cc2)[nH]1. The van der Waals surface area contributed by atoms with Crippen LogP contribution in [0.15, 0.2) is 91.5 Å². The molecule has 6 rings (SSSR count). The number of amides is 1. The second-order valence-corrected chi connectivity index (χ2v) is 11.0. The van der Waals surface area contributed by atoms with Crippen molar-refractivity contribution in [3.63, 3.8) is 0 Å². The normalized spacial score (nSPS) is 14.7. The Hall–Kier alpha value is -4.89. The number of nitrogens with one attached hydrogen (secondary N) is 2. The number of nitrogens with zero attached hydrogens (tertiary/aromatic N) is 3. The van der Waals surface area contributed by atoms with E-state index in [9.17, 15) is 4.79 Å². The number of hydrogen-bond acceptors (Lipinski definition) is 3. The highest BCUT2D eigenvalue weighted by molar-refractivity contribution is 5.77. The number of hydrogen-bond donors (Lipinski definition) is 2. The quantitative estimate of drug-likeness (QED) is 0.223. The van der Waals surface area contributed by atoms with E-state index < -0.39 is 0 Å². The smallest absolute Gasteiger partial charge is 0.223 e. The minimum absolute atomic E-state index is 0.0391. The van der Waals surface area contributed by atoms with Gasteiger partial charge in [-0.05, 0) is 65.3 Å². The van der Waals surface area contributed by atoms with Gasteiger partial charge in [0.15, 0.2) is 0 Å². The van der Waals surface area contributed by atoms with Crippen molar-refractivity contribution in [2.24, 2.45) is 5.92 Å². The molecule has 0 aliphatic carbocycles. The topological polar surface area (TPSA) is 77.7 Å². The molecule has 1 fully saturated rings. The first-order chi connectivity index (χ1) is 20.0. The Morgan fingerprint density at radius 2 is 1.44 bits per heavy atom. The molecule has 1 atom stereocenters. The summed E-state index contributed by atoms with van der Waals surface area (Å²) >= 11 is 0. The zero-order chi connectivity index (χ0) is 28.2. The van der Waals surface area contributed by atoms with Crippen molar-refractivity contribution in [1.82, 2.24) is 24.8 Å². The third-order valence-electron chi connectivity index (χ3n) is 7.53. The first kappa shape index (κ1) is 26.3. The number of rotatable bonds is 6. The number of carbonyl (C=O) groups is 1. The van der Waals surface area contributed by atoms with E-state index in [-0.39, 0.29) is 11.9 Å². The van der Waals surface area contributed by atoms with Gasteiger partial charge in [-0.2, -0.15) is 0 Å². The predicted octanol–water partition coefficient (Wildman–Crippen LogP) is 7.24. The summed E-state index contributed by atoms with van der Waals surface area (Å²) in [4.78, 5) is 30.1. The molecule has 0 bridgehead atoms. The molecule has 0 unspecified atom stereocenters. The van der Waals surface area contributed by atoms with Crippen LogP contribution in [0.5, 0.6) is 0 Å². The summed E-state index contributed by atoms with van der Waals surface area (Å²) < 4.78 is 0. The maximum Gasteiger partial charge on any atom is 0.223 e. The van der Waals surface area contributed by atoms with Crippen molar-refractivity contribution >= 4 is 5.91 Å². The first-order valence-corrected chi connectivity index (χ1v) is 14.2. The van der Waals surface area contributed by atoms with E-state index in [1.54, 1.807) is 6.33 Å². The second-order valence-electron chi connectivity index (χ2n) is 11.0. The van der Waals surface area contributed by atoms with Gasteiger partial charge in [-0.1, -0.05) is 74.2 Å². The number of likely N-dealkylation sites (tertiary alicyclic amines) is 1. The van der Waals surface area contributed by atoms with Gasteiger partial charge in [0, 0.05) is 24.1 Å². The van der Waals surface area contributed by atoms with Gasteiger partial charge in [0.25, 0.3) is 0 Å². The summed E-state index contributed by atoms with van der Waals surface area (Å²) in [5.74, 6) is 7.97. The maximum absolute atomic E-state index is 12.7. The standard InChI is InChI=1S/C35H33N5O/c1-24(2)20-34(41)40-19-3-4-33(40)35-37-22-32(39-35)30-17-15-28(16-18-30)27-11-7-25(8-12-27)5-6-26-9-13-29(14-10-26)31-21-36-23-38-31/h7-18,21-24,33H,3-4,19-20H2,1-2H3,(H,36,38)(H,37,39)/t33-/m0/s1. The van der Waals surface area contributed by atoms with Crippen molar-refractivity contribution in [3.8, 4) is 45.5 Å². The summed E-state index contributed by atoms with van der Waals surface area (Å²) in [5, 5.41) is 0. The molecule has 1 saturated heterocycles. The van der Waals surface area contributed by atoms with Crippen LogP contribution in [0, 0.1) is 17.8 Å². The number of imidazole rings is 2. The van der Waals surface area contributed by atoms with E-state index in [0.717, 1.165) is 70.0 Å². The molecule has 1 amide bonds. The third-order valence-corrected chi connectivity index (χ3v) is 7.53. The Morgan fingerprint density at radius 1 is 0.854 bits per heavy atom. The molecule has 0 saturated carbocycles. The lowest BCUT2D eigenvalue weighted by molar-refractivity contribution is -0.133. The lowest BCUT2D eigenvalue weighted by Crippen LogP contribution is -2.31. The van der Waals surface area contributed by atoms with Gasteiger partial charge >= 0.3 is 0 Å². The molecule has 5 aromatic rings. The highest BCUT2D eigenvalue weighted by atomic mass is 16.2. The molecule has 6 heteroatoms. The molecule has 3 heterocycles. The van der Waals surface area contributed by atoms with E-state index in [1.165, 1.54) is 0 Å². The van der Waals surface area contributed by atoms with E-state index >= 15 is 0 Å². The molecule has 2 aromatic heterocycles. The second kappa shape index (κ2) is 11.7. The van der Waals surface area contributed by atoms with Gasteiger partial charge in [-0.15, -0.1) is 0 Å². The molecule has 2 N–H and O–H groups in total. The molecule has 41 heavy (non-hydrogen) atoms. The van der Waals surface area contributed by atoms with Crippen LogP contribution in [0.1, 0.15) is 56.1 Å². The van der Waals surface area contributed by atoms with Crippen molar-refractivity contribution in [2.45, 2.75) is 39.2 Å². The van der Waals surface area contributed by atoms with Crippen LogP contribution in [0.3, 0.4) is 0 Å². The molecule has 1 aliphatic heterocycles. The fourth-order valence-electron chi connectivity index (χ4n) is 5.35. The molecule has 1 aliphatic rings. The van der Waals surface area contributed by atoms with E-state index in [1.807, 2.05) is 41.6 Å². The van der Waals surface area contributed by atoms with Gasteiger partial charge in [-0.3, -0.25) is 4.79 Å². The third kappa shape index (κ3) is 6.00. The summed E-state index contributed by atoms with van der Waals surface area (Å²) in [6.45, 7) is 4.99. The van der Waals surface area contributed by atoms with E-state index in [4.69, 9.17) is 0 Å². The number of carbonyl (C=O) groups excluding carboxylic acids is 1. The van der Waals surface area contributed by atoms with Crippen LogP contribution >= 0.6 is 0 Å². The molecule has 6 nitrogen and oxygen atoms in total. The molecule has 204 valence electrons. The Kier molecular flexibility index (Phi) is 7.51. The maximum atomic E-state index is 12.7. The van der Waals surface area contributed by atoms with Crippen molar-refractivity contribution in [1.29, 1.82) is 0 Å². The average molecular weight is 540 g/mol. The Labute approximate surface area is 240 Å². The van der Waals surface area contributed by atoms with Crippen LogP contribution < -0.4 is 0 Å². The fourth-order valence-corrected chi connectivity index (χ4v) is 5.35. The first-order valence-electron chi connectivity index (χ1n) is 14.2. The van der Waals surface area contributed by atoms with Crippen LogP contribution in [0.4, 0.5) is 0 Å². The number of aromatic amines is 2. The van der Waals surface area contributed by atoms with Gasteiger partial charge in [0.05, 0.1) is 36.2 Å². The summed E-state index contributed by atoms with van der Waals surface area (Å²) in [5.41, 5.74) is 8.35. The van der Waals surface area contributed by atoms with Gasteiger partial charge < -0.3 is 14.9 Å². The number of benzene rings is 3. The minimum atomic E-state index is 0.0391. The van der Waals surface area contributed by atoms with Gasteiger partial charge in [0.1, 0.15) is 5.82 Å². The van der Waals surface area contributed by atoms with Gasteiger partial charge in [-0.25, -0.2) is 9.97 Å². The van der Waals surface area contributed by atoms with Crippen LogP contribution in [0.2, 0.25) is 0 Å². The van der Waals surface area contributed by atoms with Crippen LogP contribution in [-0.2, 0) is 4.79 Å². The molecular weight excluding hydrogens is 506 g/mol. The predicted molar refractivity (Wildman–Crippen MR) is 163 cm³/mol. The van der Waals surface area contributed by atoms with Crippen molar-refractivity contribution < 1.29 is 4.79 Å². The Morgan fingerprint density at radius 3 is 2.05 bits per heavy atom. The highest BCUT2D eigenvalue weighted by Gasteiger charge is 2.32. The summed E-state index contributed by atoms with van der Waals surface area (Å²) in [6, 6.07) is 25.0. The minimum Gasteiger partial charge on any atom is -0.345 e. The highest BCUT2D eigenvalue weighted by Crippen LogP contribution is 2.33. The van der Waals surface area contributed by atoms with Crippen LogP contribution in [0.25, 0.3) is 33.6 Å². The lowest BCUT2D eigenvalue weighted by atomic mass is 10.0. The molecule has 0 radical (unpaired) electrons. The zero-order valence-electron chi connectivity index (χ0n) is 23.4. The largest absolute Gasteiger partial charge is 0.345 e. The van der Waals surface area contributed by atoms with E-state index in [0.29, 0.717) is 12.3 Å². The number of H-pyrrole nitrogens is 2. The Bertz CT molecular complexity index is 1670.